The molecule has 88 valence electrons. The number of carbonyl (C=O) groups excluding carboxylic acids is 1. The van der Waals surface area contributed by atoms with Crippen molar-refractivity contribution in [1.82, 2.24) is 0 Å². The number of aliphatic hydroxyl groups is 1. The minimum Gasteiger partial charge on any atom is -0.544 e. The van der Waals surface area contributed by atoms with Crippen LogP contribution < -0.4 is 10.4 Å². The first-order valence-corrected chi connectivity index (χ1v) is 6.62. The van der Waals surface area contributed by atoms with Crippen LogP contribution in [0, 0.1) is 0 Å². The molecule has 0 aromatic rings. The van der Waals surface area contributed by atoms with Gasteiger partial charge in [-0.25, -0.2) is 8.42 Å². The fourth-order valence-corrected chi connectivity index (χ4v) is 3.54. The van der Waals surface area contributed by atoms with E-state index in [0.29, 0.717) is 6.42 Å². The summed E-state index contributed by atoms with van der Waals surface area (Å²) in [6.07, 6.45) is -0.644. The summed E-state index contributed by atoms with van der Waals surface area (Å²) in [7, 11) is -3.22. The molecule has 3 atom stereocenters. The molecule has 7 heteroatoms. The lowest BCUT2D eigenvalue weighted by atomic mass is 10.1. The van der Waals surface area contributed by atoms with Gasteiger partial charge in [-0.15, -0.1) is 0 Å². The molecule has 15 heavy (non-hydrogen) atoms. The Balaban J connectivity index is 2.63. The topological polar surface area (TPSA) is 111 Å². The van der Waals surface area contributed by atoms with Crippen molar-refractivity contribution in [3.63, 3.8) is 0 Å². The predicted molar refractivity (Wildman–Crippen MR) is 49.5 cm³/mol. The summed E-state index contributed by atoms with van der Waals surface area (Å²) in [5, 5.41) is 21.4. The van der Waals surface area contributed by atoms with E-state index in [0.717, 1.165) is 0 Å². The van der Waals surface area contributed by atoms with E-state index in [1.54, 1.807) is 6.92 Å². The average molecular weight is 237 g/mol. The maximum Gasteiger partial charge on any atom is 0.159 e. The number of carboxylic acid groups (broad SMARTS) is 1. The Hall–Kier alpha value is -0.660. The van der Waals surface area contributed by atoms with Crippen LogP contribution in [0.1, 0.15) is 13.3 Å². The lowest BCUT2D eigenvalue weighted by molar-refractivity contribution is -0.716. The van der Waals surface area contributed by atoms with Gasteiger partial charge in [0.2, 0.25) is 0 Å². The molecule has 0 bridgehead atoms. The summed E-state index contributed by atoms with van der Waals surface area (Å²) in [6.45, 7) is 1.67. The van der Waals surface area contributed by atoms with Gasteiger partial charge in [0, 0.05) is 6.42 Å². The molecule has 1 rings (SSSR count). The van der Waals surface area contributed by atoms with Crippen LogP contribution in [0.25, 0.3) is 0 Å². The molecule has 0 aliphatic carbocycles. The van der Waals surface area contributed by atoms with Crippen LogP contribution in [0.2, 0.25) is 0 Å². The minimum atomic E-state index is -3.22. The highest BCUT2D eigenvalue weighted by molar-refractivity contribution is 7.91. The van der Waals surface area contributed by atoms with E-state index >= 15 is 0 Å². The highest BCUT2D eigenvalue weighted by Crippen LogP contribution is 2.09. The van der Waals surface area contributed by atoms with Crippen LogP contribution in [-0.4, -0.2) is 49.2 Å². The molecule has 3 N–H and O–H groups in total. The largest absolute Gasteiger partial charge is 0.544 e. The minimum absolute atomic E-state index is 0.169. The van der Waals surface area contributed by atoms with Crippen molar-refractivity contribution in [3.8, 4) is 0 Å². The number of aliphatic hydroxyl groups excluding tert-OH is 1. The quantitative estimate of drug-likeness (QED) is 0.521. The van der Waals surface area contributed by atoms with Gasteiger partial charge in [0.05, 0.1) is 11.7 Å². The zero-order chi connectivity index (χ0) is 11.6. The molecule has 1 heterocycles. The van der Waals surface area contributed by atoms with E-state index in [4.69, 9.17) is 0 Å². The SMILES string of the molecule is CC[C@@H]([NH2+][C@@H]1CS(=O)(=O)C[C@H]1O)C(=O)[O-]. The number of quaternary nitrogens is 1. The summed E-state index contributed by atoms with van der Waals surface area (Å²) in [6, 6.07) is -1.38. The van der Waals surface area contributed by atoms with Crippen LogP contribution in [0.4, 0.5) is 0 Å². The van der Waals surface area contributed by atoms with Gasteiger partial charge in [0.15, 0.2) is 9.84 Å². The van der Waals surface area contributed by atoms with Crippen molar-refractivity contribution in [1.29, 1.82) is 0 Å². The fourth-order valence-electron chi connectivity index (χ4n) is 1.72. The van der Waals surface area contributed by atoms with Crippen LogP contribution in [-0.2, 0) is 14.6 Å². The summed E-state index contributed by atoms with van der Waals surface area (Å²) < 4.78 is 22.3. The van der Waals surface area contributed by atoms with E-state index in [9.17, 15) is 23.4 Å². The monoisotopic (exact) mass is 237 g/mol. The summed E-state index contributed by atoms with van der Waals surface area (Å²) >= 11 is 0. The molecule has 0 saturated carbocycles. The van der Waals surface area contributed by atoms with Crippen LogP contribution in [0.3, 0.4) is 0 Å². The molecule has 0 aromatic heterocycles. The van der Waals surface area contributed by atoms with Crippen molar-refractivity contribution in [2.45, 2.75) is 31.5 Å². The first-order chi connectivity index (χ1) is 6.85. The van der Waals surface area contributed by atoms with Gasteiger partial charge < -0.3 is 20.3 Å². The maximum atomic E-state index is 11.1. The van der Waals surface area contributed by atoms with E-state index in [1.807, 2.05) is 0 Å². The molecule has 0 unspecified atom stereocenters. The van der Waals surface area contributed by atoms with Crippen LogP contribution in [0.5, 0.6) is 0 Å². The fraction of sp³-hybridized carbons (Fsp3) is 0.875. The van der Waals surface area contributed by atoms with E-state index in [-0.39, 0.29) is 11.5 Å². The van der Waals surface area contributed by atoms with Gasteiger partial charge in [-0.3, -0.25) is 0 Å². The highest BCUT2D eigenvalue weighted by atomic mass is 32.2. The Morgan fingerprint density at radius 1 is 1.60 bits per heavy atom. The van der Waals surface area contributed by atoms with Crippen molar-refractivity contribution >= 4 is 15.8 Å². The number of hydrogen-bond acceptors (Lipinski definition) is 5. The summed E-state index contributed by atoms with van der Waals surface area (Å²) in [5.74, 6) is -1.68. The highest BCUT2D eigenvalue weighted by Gasteiger charge is 2.40. The summed E-state index contributed by atoms with van der Waals surface area (Å²) in [5.41, 5.74) is 0. The molecule has 1 aliphatic heterocycles. The second kappa shape index (κ2) is 4.46. The third-order valence-corrected chi connectivity index (χ3v) is 4.33. The molecule has 1 fully saturated rings. The van der Waals surface area contributed by atoms with Crippen molar-refractivity contribution < 1.29 is 28.7 Å². The van der Waals surface area contributed by atoms with E-state index in [2.05, 4.69) is 0 Å². The van der Waals surface area contributed by atoms with E-state index in [1.165, 1.54) is 5.32 Å². The third kappa shape index (κ3) is 3.15. The second-order valence-electron chi connectivity index (χ2n) is 3.83. The van der Waals surface area contributed by atoms with Gasteiger partial charge >= 0.3 is 0 Å². The average Bonchev–Trinajstić information content (AvgIpc) is 2.34. The molecule has 6 nitrogen and oxygen atoms in total. The van der Waals surface area contributed by atoms with Crippen LogP contribution in [0.15, 0.2) is 0 Å². The standard InChI is InChI=1S/C8H15NO5S/c1-2-5(8(11)12)9-6-3-15(13,14)4-7(6)10/h5-7,9-10H,2-4H2,1H3,(H,11,12)/t5-,6-,7-/m1/s1. The molecular formula is C8H15NO5S. The van der Waals surface area contributed by atoms with Crippen molar-refractivity contribution in [3.05, 3.63) is 0 Å². The summed E-state index contributed by atoms with van der Waals surface area (Å²) in [4.78, 5) is 10.6. The number of nitrogens with two attached hydrogens (primary N) is 1. The van der Waals surface area contributed by atoms with Crippen LogP contribution >= 0.6 is 0 Å². The van der Waals surface area contributed by atoms with Crippen molar-refractivity contribution in [2.75, 3.05) is 11.5 Å². The Kier molecular flexibility index (Phi) is 3.69. The van der Waals surface area contributed by atoms with Gasteiger partial charge in [-0.05, 0) is 0 Å². The number of hydrogen-bond donors (Lipinski definition) is 2. The molecule has 0 amide bonds. The molecule has 0 spiro atoms. The van der Waals surface area contributed by atoms with Crippen molar-refractivity contribution in [2.24, 2.45) is 0 Å². The third-order valence-electron chi connectivity index (χ3n) is 2.59. The first-order valence-electron chi connectivity index (χ1n) is 4.80. The number of rotatable bonds is 4. The Morgan fingerprint density at radius 3 is 2.53 bits per heavy atom. The van der Waals surface area contributed by atoms with E-state index < -0.39 is 34.0 Å². The van der Waals surface area contributed by atoms with Gasteiger partial charge in [-0.1, -0.05) is 6.92 Å². The maximum absolute atomic E-state index is 11.1. The molecule has 1 aliphatic rings. The first kappa shape index (κ1) is 12.4. The number of aliphatic carboxylic acids is 1. The number of carbonyl (C=O) groups is 1. The number of sulfone groups is 1. The second-order valence-corrected chi connectivity index (χ2v) is 5.99. The smallest absolute Gasteiger partial charge is 0.159 e. The van der Waals surface area contributed by atoms with Gasteiger partial charge in [0.25, 0.3) is 0 Å². The Labute approximate surface area is 88.2 Å². The number of carboxylic acids is 1. The van der Waals surface area contributed by atoms with Gasteiger partial charge in [0.1, 0.15) is 23.9 Å². The Morgan fingerprint density at radius 2 is 2.20 bits per heavy atom. The lowest BCUT2D eigenvalue weighted by Gasteiger charge is -2.20. The Bertz CT molecular complexity index is 339. The zero-order valence-electron chi connectivity index (χ0n) is 8.42. The molecule has 1 saturated heterocycles. The molecule has 0 radical (unpaired) electrons. The normalized spacial score (nSPS) is 31.3. The predicted octanol–water partition coefficient (Wildman–Crippen LogP) is -3.76. The lowest BCUT2D eigenvalue weighted by Crippen LogP contribution is -2.99. The zero-order valence-corrected chi connectivity index (χ0v) is 9.24. The molecule has 0 aromatic carbocycles. The van der Waals surface area contributed by atoms with Gasteiger partial charge in [-0.2, -0.15) is 0 Å². The molecular weight excluding hydrogens is 222 g/mol.